The summed E-state index contributed by atoms with van der Waals surface area (Å²) in [6.07, 6.45) is 3.03. The molecule has 2 atom stereocenters. The van der Waals surface area contributed by atoms with Crippen LogP contribution in [0.2, 0.25) is 0 Å². The summed E-state index contributed by atoms with van der Waals surface area (Å²) in [7, 11) is 0. The van der Waals surface area contributed by atoms with Gasteiger partial charge < -0.3 is 9.84 Å². The average molecular weight is 186 g/mol. The molecule has 13 heavy (non-hydrogen) atoms. The maximum absolute atomic E-state index is 9.60. The molecule has 0 bridgehead atoms. The van der Waals surface area contributed by atoms with E-state index in [1.807, 2.05) is 0 Å². The molecule has 2 unspecified atom stereocenters. The Bertz CT molecular complexity index is 160. The van der Waals surface area contributed by atoms with Crippen LogP contribution in [0.4, 0.5) is 0 Å². The molecule has 2 rings (SSSR count). The Kier molecular flexibility index (Phi) is 3.16. The number of nitrogens with one attached hydrogen (secondary N) is 1. The van der Waals surface area contributed by atoms with E-state index in [2.05, 4.69) is 10.4 Å². The van der Waals surface area contributed by atoms with Crippen LogP contribution in [0.25, 0.3) is 0 Å². The molecule has 0 aromatic carbocycles. The molecule has 1 aliphatic carbocycles. The molecule has 0 amide bonds. The van der Waals surface area contributed by atoms with Crippen LogP contribution in [0.15, 0.2) is 0 Å². The second-order valence-electron chi connectivity index (χ2n) is 3.83. The molecule has 76 valence electrons. The Morgan fingerprint density at radius 3 is 2.62 bits per heavy atom. The topological polar surface area (TPSA) is 44.7 Å². The van der Waals surface area contributed by atoms with E-state index < -0.39 is 0 Å². The Balaban J connectivity index is 1.75. The summed E-state index contributed by atoms with van der Waals surface area (Å²) in [6, 6.07) is 0.276. The lowest BCUT2D eigenvalue weighted by Crippen LogP contribution is -2.52. The van der Waals surface area contributed by atoms with Gasteiger partial charge >= 0.3 is 0 Å². The third-order valence-corrected chi connectivity index (χ3v) is 2.84. The van der Waals surface area contributed by atoms with E-state index >= 15 is 0 Å². The minimum absolute atomic E-state index is 0.150. The van der Waals surface area contributed by atoms with Crippen LogP contribution in [0.3, 0.4) is 0 Å². The van der Waals surface area contributed by atoms with Crippen molar-refractivity contribution in [3.63, 3.8) is 0 Å². The van der Waals surface area contributed by atoms with E-state index in [0.717, 1.165) is 45.6 Å². The normalized spacial score (nSPS) is 36.7. The molecule has 1 saturated heterocycles. The van der Waals surface area contributed by atoms with Crippen molar-refractivity contribution in [1.29, 1.82) is 0 Å². The average Bonchev–Trinajstić information content (AvgIpc) is 2.54. The molecule has 0 spiro atoms. The zero-order chi connectivity index (χ0) is 9.10. The summed E-state index contributed by atoms with van der Waals surface area (Å²) >= 11 is 0. The molecule has 1 aliphatic heterocycles. The third kappa shape index (κ3) is 2.40. The number of ether oxygens (including phenoxy) is 1. The predicted octanol–water partition coefficient (Wildman–Crippen LogP) is -0.263. The van der Waals surface area contributed by atoms with Gasteiger partial charge in [-0.2, -0.15) is 0 Å². The molecule has 0 radical (unpaired) electrons. The van der Waals surface area contributed by atoms with Crippen LogP contribution < -0.4 is 5.43 Å². The van der Waals surface area contributed by atoms with Crippen LogP contribution in [0, 0.1) is 0 Å². The van der Waals surface area contributed by atoms with Crippen LogP contribution >= 0.6 is 0 Å². The molecule has 1 saturated carbocycles. The van der Waals surface area contributed by atoms with Crippen LogP contribution in [-0.2, 0) is 4.74 Å². The van der Waals surface area contributed by atoms with Crippen molar-refractivity contribution in [3.8, 4) is 0 Å². The monoisotopic (exact) mass is 186 g/mol. The van der Waals surface area contributed by atoms with Gasteiger partial charge in [-0.1, -0.05) is 0 Å². The van der Waals surface area contributed by atoms with Crippen LogP contribution in [0.5, 0.6) is 0 Å². The van der Waals surface area contributed by atoms with Crippen molar-refractivity contribution in [2.45, 2.75) is 31.4 Å². The van der Waals surface area contributed by atoms with Gasteiger partial charge in [0.2, 0.25) is 0 Å². The summed E-state index contributed by atoms with van der Waals surface area (Å²) < 4.78 is 5.25. The summed E-state index contributed by atoms with van der Waals surface area (Å²) in [4.78, 5) is 0. The molecular weight excluding hydrogens is 168 g/mol. The Hall–Kier alpha value is -0.160. The molecule has 2 N–H and O–H groups in total. The number of aliphatic hydroxyl groups excluding tert-OH is 1. The van der Waals surface area contributed by atoms with Crippen molar-refractivity contribution >= 4 is 0 Å². The summed E-state index contributed by atoms with van der Waals surface area (Å²) in [5, 5.41) is 11.8. The fraction of sp³-hybridized carbons (Fsp3) is 1.00. The highest BCUT2D eigenvalue weighted by Gasteiger charge is 2.26. The van der Waals surface area contributed by atoms with Gasteiger partial charge in [0.25, 0.3) is 0 Å². The maximum Gasteiger partial charge on any atom is 0.0706 e. The standard InChI is InChI=1S/C9H18N2O2/c12-9-3-1-2-8(9)10-11-4-6-13-7-5-11/h8-10,12H,1-7H2. The number of hydrazine groups is 1. The first kappa shape index (κ1) is 9.40. The largest absolute Gasteiger partial charge is 0.391 e. The molecule has 2 aliphatic rings. The van der Waals surface area contributed by atoms with E-state index in [0.29, 0.717) is 0 Å². The lowest BCUT2D eigenvalue weighted by molar-refractivity contribution is -0.00836. The lowest BCUT2D eigenvalue weighted by Gasteiger charge is -2.31. The second-order valence-corrected chi connectivity index (χ2v) is 3.83. The van der Waals surface area contributed by atoms with Crippen molar-refractivity contribution in [3.05, 3.63) is 0 Å². The Labute approximate surface area is 78.8 Å². The highest BCUT2D eigenvalue weighted by Crippen LogP contribution is 2.19. The van der Waals surface area contributed by atoms with Crippen molar-refractivity contribution in [1.82, 2.24) is 10.4 Å². The van der Waals surface area contributed by atoms with Gasteiger partial charge in [0, 0.05) is 19.1 Å². The quantitative estimate of drug-likeness (QED) is 0.623. The minimum Gasteiger partial charge on any atom is -0.391 e. The first-order valence-corrected chi connectivity index (χ1v) is 5.13. The second kappa shape index (κ2) is 4.37. The van der Waals surface area contributed by atoms with E-state index in [9.17, 15) is 5.11 Å². The SMILES string of the molecule is OC1CCCC1NN1CCOCC1. The number of hydrogen-bond donors (Lipinski definition) is 2. The number of nitrogens with zero attached hydrogens (tertiary/aromatic N) is 1. The molecular formula is C9H18N2O2. The molecule has 0 aromatic heterocycles. The number of rotatable bonds is 2. The van der Waals surface area contributed by atoms with Crippen molar-refractivity contribution < 1.29 is 9.84 Å². The zero-order valence-electron chi connectivity index (χ0n) is 7.91. The summed E-state index contributed by atoms with van der Waals surface area (Å²) in [6.45, 7) is 3.47. The molecule has 0 aromatic rings. The predicted molar refractivity (Wildman–Crippen MR) is 49.2 cm³/mol. The van der Waals surface area contributed by atoms with E-state index in [-0.39, 0.29) is 12.1 Å². The van der Waals surface area contributed by atoms with Gasteiger partial charge in [0.1, 0.15) is 0 Å². The van der Waals surface area contributed by atoms with Crippen molar-refractivity contribution in [2.24, 2.45) is 0 Å². The highest BCUT2D eigenvalue weighted by molar-refractivity contribution is 4.82. The van der Waals surface area contributed by atoms with Gasteiger partial charge in [-0.15, -0.1) is 0 Å². The van der Waals surface area contributed by atoms with E-state index in [1.54, 1.807) is 0 Å². The summed E-state index contributed by atoms with van der Waals surface area (Å²) in [5.41, 5.74) is 3.37. The first-order valence-electron chi connectivity index (χ1n) is 5.13. The highest BCUT2D eigenvalue weighted by atomic mass is 16.5. The van der Waals surface area contributed by atoms with Crippen molar-refractivity contribution in [2.75, 3.05) is 26.3 Å². The molecule has 1 heterocycles. The fourth-order valence-electron chi connectivity index (χ4n) is 2.02. The Morgan fingerprint density at radius 1 is 1.23 bits per heavy atom. The maximum atomic E-state index is 9.60. The van der Waals surface area contributed by atoms with Crippen LogP contribution in [0.1, 0.15) is 19.3 Å². The third-order valence-electron chi connectivity index (χ3n) is 2.84. The van der Waals surface area contributed by atoms with E-state index in [4.69, 9.17) is 4.74 Å². The number of morpholine rings is 1. The smallest absolute Gasteiger partial charge is 0.0706 e. The van der Waals surface area contributed by atoms with Gasteiger partial charge in [0.15, 0.2) is 0 Å². The Morgan fingerprint density at radius 2 is 2.00 bits per heavy atom. The number of hydrogen-bond acceptors (Lipinski definition) is 4. The fourth-order valence-corrected chi connectivity index (χ4v) is 2.02. The minimum atomic E-state index is -0.150. The van der Waals surface area contributed by atoms with Gasteiger partial charge in [0.05, 0.1) is 19.3 Å². The lowest BCUT2D eigenvalue weighted by atomic mass is 10.2. The first-order chi connectivity index (χ1) is 6.36. The van der Waals surface area contributed by atoms with E-state index in [1.165, 1.54) is 0 Å². The zero-order valence-corrected chi connectivity index (χ0v) is 7.91. The van der Waals surface area contributed by atoms with Gasteiger partial charge in [-0.3, -0.25) is 0 Å². The van der Waals surface area contributed by atoms with Gasteiger partial charge in [-0.25, -0.2) is 10.4 Å². The summed E-state index contributed by atoms with van der Waals surface area (Å²) in [5.74, 6) is 0. The molecule has 4 nitrogen and oxygen atoms in total. The van der Waals surface area contributed by atoms with Gasteiger partial charge in [-0.05, 0) is 19.3 Å². The number of aliphatic hydroxyl groups is 1. The van der Waals surface area contributed by atoms with Crippen LogP contribution in [-0.4, -0.2) is 48.6 Å². The molecule has 2 fully saturated rings. The molecule has 4 heteroatoms.